The van der Waals surface area contributed by atoms with Gasteiger partial charge in [0, 0.05) is 31.2 Å². The zero-order valence-corrected chi connectivity index (χ0v) is 19.9. The summed E-state index contributed by atoms with van der Waals surface area (Å²) in [6, 6.07) is 16.7. The molecule has 0 aliphatic carbocycles. The van der Waals surface area contributed by atoms with Gasteiger partial charge in [-0.05, 0) is 43.3 Å². The fraction of sp³-hybridized carbons (Fsp3) is 0.458. The summed E-state index contributed by atoms with van der Waals surface area (Å²) in [5, 5.41) is 3.02. The van der Waals surface area contributed by atoms with Crippen molar-refractivity contribution in [3.63, 3.8) is 0 Å². The third kappa shape index (κ3) is 6.63. The van der Waals surface area contributed by atoms with Crippen LogP contribution in [-0.4, -0.2) is 62.3 Å². The van der Waals surface area contributed by atoms with Gasteiger partial charge >= 0.3 is 0 Å². The van der Waals surface area contributed by atoms with Crippen molar-refractivity contribution in [3.05, 3.63) is 65.7 Å². The first-order valence-corrected chi connectivity index (χ1v) is 12.5. The number of amides is 1. The molecule has 0 spiro atoms. The van der Waals surface area contributed by atoms with Crippen LogP contribution in [0.15, 0.2) is 59.5 Å². The highest BCUT2D eigenvalue weighted by atomic mass is 32.2. The van der Waals surface area contributed by atoms with Gasteiger partial charge in [0.25, 0.3) is 5.91 Å². The van der Waals surface area contributed by atoms with Crippen LogP contribution in [-0.2, 0) is 16.4 Å². The first-order chi connectivity index (χ1) is 14.9. The average molecular weight is 446 g/mol. The van der Waals surface area contributed by atoms with E-state index in [0.717, 1.165) is 19.5 Å². The Labute approximate surface area is 187 Å². The Morgan fingerprint density at radius 3 is 2.13 bits per heavy atom. The third-order valence-corrected chi connectivity index (χ3v) is 7.63. The molecule has 170 valence electrons. The molecular weight excluding hydrogens is 410 g/mol. The van der Waals surface area contributed by atoms with Crippen molar-refractivity contribution >= 4 is 15.9 Å². The van der Waals surface area contributed by atoms with Crippen LogP contribution in [0.4, 0.5) is 0 Å². The highest BCUT2D eigenvalue weighted by molar-refractivity contribution is 7.89. The number of hydrogen-bond donors (Lipinski definition) is 1. The quantitative estimate of drug-likeness (QED) is 0.544. The molecule has 31 heavy (non-hydrogen) atoms. The molecule has 0 heterocycles. The zero-order chi connectivity index (χ0) is 22.9. The normalized spacial score (nSPS) is 12.8. The number of carbonyl (C=O) groups is 1. The van der Waals surface area contributed by atoms with E-state index >= 15 is 0 Å². The number of benzene rings is 2. The smallest absolute Gasteiger partial charge is 0.251 e. The lowest BCUT2D eigenvalue weighted by Gasteiger charge is -2.30. The van der Waals surface area contributed by atoms with Gasteiger partial charge in [-0.25, -0.2) is 8.42 Å². The molecule has 0 bridgehead atoms. The molecule has 2 aromatic rings. The molecule has 0 aliphatic rings. The van der Waals surface area contributed by atoms with Gasteiger partial charge in [-0.2, -0.15) is 4.31 Å². The first-order valence-electron chi connectivity index (χ1n) is 11.0. The van der Waals surface area contributed by atoms with Crippen LogP contribution in [0.1, 0.15) is 43.6 Å². The lowest BCUT2D eigenvalue weighted by molar-refractivity contribution is 0.0934. The Balaban J connectivity index is 2.15. The van der Waals surface area contributed by atoms with Crippen LogP contribution in [0.5, 0.6) is 0 Å². The number of nitrogens with one attached hydrogen (secondary N) is 1. The molecule has 1 atom stereocenters. The van der Waals surface area contributed by atoms with Gasteiger partial charge in [0.2, 0.25) is 10.0 Å². The maximum atomic E-state index is 12.9. The molecule has 0 aliphatic heterocycles. The maximum Gasteiger partial charge on any atom is 0.251 e. The second-order valence-electron chi connectivity index (χ2n) is 7.39. The Kier molecular flexibility index (Phi) is 9.68. The molecule has 0 radical (unpaired) electrons. The van der Waals surface area contributed by atoms with E-state index in [1.165, 1.54) is 15.9 Å². The lowest BCUT2D eigenvalue weighted by atomic mass is 10.0. The molecule has 0 saturated heterocycles. The van der Waals surface area contributed by atoms with Gasteiger partial charge in [0.15, 0.2) is 0 Å². The van der Waals surface area contributed by atoms with Crippen molar-refractivity contribution in [2.24, 2.45) is 0 Å². The van der Waals surface area contributed by atoms with Crippen LogP contribution < -0.4 is 5.32 Å². The standard InChI is InChI=1S/C24H35N3O3S/c1-5-26(6-2)22(17-20-13-10-9-11-14-20)19-25-24(28)21-15-12-16-23(18-21)31(29,30)27(7-3)8-4/h9-16,18,22H,5-8,17,19H2,1-4H3,(H,25,28). The van der Waals surface area contributed by atoms with E-state index in [1.807, 2.05) is 18.2 Å². The molecule has 2 aromatic carbocycles. The predicted octanol–water partition coefficient (Wildman–Crippen LogP) is 3.40. The van der Waals surface area contributed by atoms with Crippen molar-refractivity contribution in [2.45, 2.75) is 45.1 Å². The second-order valence-corrected chi connectivity index (χ2v) is 9.33. The summed E-state index contributed by atoms with van der Waals surface area (Å²) >= 11 is 0. The fourth-order valence-electron chi connectivity index (χ4n) is 3.78. The fourth-order valence-corrected chi connectivity index (χ4v) is 5.28. The van der Waals surface area contributed by atoms with Crippen LogP contribution in [0.3, 0.4) is 0 Å². The summed E-state index contributed by atoms with van der Waals surface area (Å²) < 4.78 is 27.0. The van der Waals surface area contributed by atoms with E-state index in [0.29, 0.717) is 25.2 Å². The van der Waals surface area contributed by atoms with Crippen molar-refractivity contribution in [2.75, 3.05) is 32.7 Å². The zero-order valence-electron chi connectivity index (χ0n) is 19.0. The number of carbonyl (C=O) groups excluding carboxylic acids is 1. The van der Waals surface area contributed by atoms with Gasteiger partial charge in [-0.15, -0.1) is 0 Å². The summed E-state index contributed by atoms with van der Waals surface area (Å²) in [4.78, 5) is 15.3. The third-order valence-electron chi connectivity index (χ3n) is 5.58. The minimum atomic E-state index is -3.61. The van der Waals surface area contributed by atoms with Crippen molar-refractivity contribution in [3.8, 4) is 0 Å². The number of likely N-dealkylation sites (N-methyl/N-ethyl adjacent to an activating group) is 1. The number of nitrogens with zero attached hydrogens (tertiary/aromatic N) is 2. The maximum absolute atomic E-state index is 12.9. The summed E-state index contributed by atoms with van der Waals surface area (Å²) in [6.07, 6.45) is 0.833. The van der Waals surface area contributed by atoms with Gasteiger partial charge in [-0.3, -0.25) is 9.69 Å². The average Bonchev–Trinajstić information content (AvgIpc) is 2.79. The molecule has 1 amide bonds. The minimum absolute atomic E-state index is 0.147. The molecule has 6 nitrogen and oxygen atoms in total. The molecule has 0 fully saturated rings. The Morgan fingerprint density at radius 2 is 1.55 bits per heavy atom. The summed E-state index contributed by atoms with van der Waals surface area (Å²) in [7, 11) is -3.61. The molecule has 1 N–H and O–H groups in total. The molecule has 7 heteroatoms. The van der Waals surface area contributed by atoms with Crippen molar-refractivity contribution in [1.29, 1.82) is 0 Å². The van der Waals surface area contributed by atoms with Crippen molar-refractivity contribution < 1.29 is 13.2 Å². The van der Waals surface area contributed by atoms with Gasteiger partial charge < -0.3 is 5.32 Å². The largest absolute Gasteiger partial charge is 0.350 e. The van der Waals surface area contributed by atoms with Gasteiger partial charge in [0.1, 0.15) is 0 Å². The van der Waals surface area contributed by atoms with Gasteiger partial charge in [0.05, 0.1) is 4.90 Å². The lowest BCUT2D eigenvalue weighted by Crippen LogP contribution is -2.45. The molecule has 2 rings (SSSR count). The number of hydrogen-bond acceptors (Lipinski definition) is 4. The minimum Gasteiger partial charge on any atom is -0.350 e. The summed E-state index contributed by atoms with van der Waals surface area (Å²) in [5.74, 6) is -0.262. The molecular formula is C24H35N3O3S. The monoisotopic (exact) mass is 445 g/mol. The predicted molar refractivity (Wildman–Crippen MR) is 126 cm³/mol. The molecule has 0 aromatic heterocycles. The van der Waals surface area contributed by atoms with Crippen LogP contribution >= 0.6 is 0 Å². The van der Waals surface area contributed by atoms with E-state index in [9.17, 15) is 13.2 Å². The Hall–Kier alpha value is -2.22. The highest BCUT2D eigenvalue weighted by Gasteiger charge is 2.23. The Morgan fingerprint density at radius 1 is 0.903 bits per heavy atom. The SMILES string of the molecule is CCN(CC)C(CNC(=O)c1cccc(S(=O)(=O)N(CC)CC)c1)Cc1ccccc1. The van der Waals surface area contributed by atoms with E-state index in [1.54, 1.807) is 32.0 Å². The van der Waals surface area contributed by atoms with E-state index in [4.69, 9.17) is 0 Å². The Bertz CT molecular complexity index is 924. The molecule has 0 saturated carbocycles. The second kappa shape index (κ2) is 12.0. The van der Waals surface area contributed by atoms with Crippen molar-refractivity contribution in [1.82, 2.24) is 14.5 Å². The topological polar surface area (TPSA) is 69.7 Å². The van der Waals surface area contributed by atoms with Crippen LogP contribution in [0, 0.1) is 0 Å². The van der Waals surface area contributed by atoms with Crippen LogP contribution in [0.25, 0.3) is 0 Å². The van der Waals surface area contributed by atoms with Gasteiger partial charge in [-0.1, -0.05) is 64.1 Å². The van der Waals surface area contributed by atoms with Crippen LogP contribution in [0.2, 0.25) is 0 Å². The molecule has 1 unspecified atom stereocenters. The first kappa shape index (κ1) is 25.0. The number of sulfonamides is 1. The number of rotatable bonds is 12. The van der Waals surface area contributed by atoms with E-state index < -0.39 is 10.0 Å². The summed E-state index contributed by atoms with van der Waals surface area (Å²) in [5.41, 5.74) is 1.58. The van der Waals surface area contributed by atoms with E-state index in [2.05, 4.69) is 36.2 Å². The summed E-state index contributed by atoms with van der Waals surface area (Å²) in [6.45, 7) is 10.9. The van der Waals surface area contributed by atoms with E-state index in [-0.39, 0.29) is 16.8 Å². The highest BCUT2D eigenvalue weighted by Crippen LogP contribution is 2.17.